The molecule has 1 aromatic heterocycles. The van der Waals surface area contributed by atoms with Gasteiger partial charge in [-0.05, 0) is 61.4 Å². The second kappa shape index (κ2) is 9.49. The number of halogens is 1. The summed E-state index contributed by atoms with van der Waals surface area (Å²) in [6.07, 6.45) is 7.73. The van der Waals surface area contributed by atoms with Crippen LogP contribution in [-0.2, 0) is 17.6 Å². The first-order valence-electron chi connectivity index (χ1n) is 10.8. The van der Waals surface area contributed by atoms with Gasteiger partial charge >= 0.3 is 0 Å². The van der Waals surface area contributed by atoms with E-state index < -0.39 is 0 Å². The number of aromatic nitrogens is 1. The minimum absolute atomic E-state index is 0.190. The van der Waals surface area contributed by atoms with E-state index in [1.807, 2.05) is 18.3 Å². The largest absolute Gasteiger partial charge is 0.339 e. The Kier molecular flexibility index (Phi) is 6.55. The lowest BCUT2D eigenvalue weighted by Gasteiger charge is -2.39. The predicted molar refractivity (Wildman–Crippen MR) is 112 cm³/mol. The minimum Gasteiger partial charge on any atom is -0.339 e. The van der Waals surface area contributed by atoms with Crippen LogP contribution >= 0.6 is 0 Å². The van der Waals surface area contributed by atoms with Gasteiger partial charge in [0.25, 0.3) is 0 Å². The molecule has 1 saturated carbocycles. The topological polar surface area (TPSA) is 36.4 Å². The van der Waals surface area contributed by atoms with Gasteiger partial charge in [0.15, 0.2) is 0 Å². The molecule has 0 unspecified atom stereocenters. The van der Waals surface area contributed by atoms with Crippen molar-refractivity contribution in [1.82, 2.24) is 14.8 Å². The molecule has 0 radical (unpaired) electrons. The number of rotatable bonds is 8. The molecule has 2 fully saturated rings. The lowest BCUT2D eigenvalue weighted by Crippen LogP contribution is -2.49. The van der Waals surface area contributed by atoms with Crippen LogP contribution in [0.3, 0.4) is 0 Å². The number of hydrogen-bond acceptors (Lipinski definition) is 3. The van der Waals surface area contributed by atoms with Crippen molar-refractivity contribution >= 4 is 5.91 Å². The second-order valence-electron chi connectivity index (χ2n) is 8.44. The van der Waals surface area contributed by atoms with Gasteiger partial charge in [0.1, 0.15) is 5.82 Å². The van der Waals surface area contributed by atoms with Gasteiger partial charge in [-0.1, -0.05) is 18.2 Å². The van der Waals surface area contributed by atoms with Crippen molar-refractivity contribution in [2.75, 3.05) is 26.2 Å². The molecule has 2 aliphatic rings. The van der Waals surface area contributed by atoms with Crippen LogP contribution in [-0.4, -0.2) is 52.9 Å². The number of carbonyl (C=O) groups excluding carboxylic acids is 1. The van der Waals surface area contributed by atoms with Crippen molar-refractivity contribution in [1.29, 1.82) is 0 Å². The van der Waals surface area contributed by atoms with E-state index in [-0.39, 0.29) is 11.7 Å². The van der Waals surface area contributed by atoms with Crippen LogP contribution in [0.4, 0.5) is 4.39 Å². The highest BCUT2D eigenvalue weighted by atomic mass is 19.1. The van der Waals surface area contributed by atoms with Crippen LogP contribution in [0.1, 0.15) is 36.9 Å². The first kappa shape index (κ1) is 20.0. The molecule has 1 saturated heterocycles. The number of pyridine rings is 1. The normalized spacial score (nSPS) is 18.0. The van der Waals surface area contributed by atoms with Crippen molar-refractivity contribution in [2.45, 2.75) is 44.6 Å². The van der Waals surface area contributed by atoms with Gasteiger partial charge < -0.3 is 9.80 Å². The van der Waals surface area contributed by atoms with Crippen LogP contribution in [0, 0.1) is 11.7 Å². The molecule has 0 atom stereocenters. The number of carbonyl (C=O) groups is 1. The summed E-state index contributed by atoms with van der Waals surface area (Å²) >= 11 is 0. The zero-order valence-corrected chi connectivity index (χ0v) is 17.0. The van der Waals surface area contributed by atoms with Crippen molar-refractivity contribution in [3.63, 3.8) is 0 Å². The molecule has 1 aliphatic carbocycles. The first-order chi connectivity index (χ1) is 14.2. The van der Waals surface area contributed by atoms with Gasteiger partial charge in [-0.2, -0.15) is 0 Å². The van der Waals surface area contributed by atoms with Crippen LogP contribution in [0.2, 0.25) is 0 Å². The molecule has 4 rings (SSSR count). The van der Waals surface area contributed by atoms with Crippen molar-refractivity contribution in [2.24, 2.45) is 5.92 Å². The third kappa shape index (κ3) is 5.86. The standard InChI is InChI=1S/C24H30FN3O/c25-21-8-6-19(7-9-21)17-24(29)28(18-20-4-5-20)23-11-15-27(16-12-23)14-10-22-3-1-2-13-26-22/h1-3,6-9,13,20,23H,4-5,10-12,14-18H2. The third-order valence-corrected chi connectivity index (χ3v) is 6.15. The summed E-state index contributed by atoms with van der Waals surface area (Å²) in [7, 11) is 0. The molecule has 29 heavy (non-hydrogen) atoms. The van der Waals surface area contributed by atoms with E-state index in [4.69, 9.17) is 0 Å². The summed E-state index contributed by atoms with van der Waals surface area (Å²) in [6, 6.07) is 12.7. The van der Waals surface area contributed by atoms with Crippen molar-refractivity contribution in [3.8, 4) is 0 Å². The van der Waals surface area contributed by atoms with E-state index in [0.717, 1.165) is 56.7 Å². The minimum atomic E-state index is -0.255. The molecule has 5 heteroatoms. The van der Waals surface area contributed by atoms with Gasteiger partial charge in [-0.25, -0.2) is 4.39 Å². The Morgan fingerprint density at radius 3 is 2.48 bits per heavy atom. The maximum Gasteiger partial charge on any atom is 0.227 e. The molecule has 0 bridgehead atoms. The molecule has 1 aromatic carbocycles. The van der Waals surface area contributed by atoms with Crippen LogP contribution in [0.15, 0.2) is 48.7 Å². The molecule has 0 spiro atoms. The smallest absolute Gasteiger partial charge is 0.227 e. The molecule has 2 aromatic rings. The van der Waals surface area contributed by atoms with E-state index in [1.165, 1.54) is 25.0 Å². The highest BCUT2D eigenvalue weighted by Crippen LogP contribution is 2.32. The van der Waals surface area contributed by atoms with Crippen molar-refractivity contribution in [3.05, 3.63) is 65.7 Å². The molecule has 2 heterocycles. The van der Waals surface area contributed by atoms with E-state index in [9.17, 15) is 9.18 Å². The molecule has 1 aliphatic heterocycles. The molecular formula is C24H30FN3O. The van der Waals surface area contributed by atoms with Gasteiger partial charge in [-0.15, -0.1) is 0 Å². The lowest BCUT2D eigenvalue weighted by molar-refractivity contribution is -0.134. The average molecular weight is 396 g/mol. The Balaban J connectivity index is 1.30. The third-order valence-electron chi connectivity index (χ3n) is 6.15. The number of amides is 1. The monoisotopic (exact) mass is 395 g/mol. The van der Waals surface area contributed by atoms with Crippen LogP contribution < -0.4 is 0 Å². The van der Waals surface area contributed by atoms with Gasteiger partial charge in [0.2, 0.25) is 5.91 Å². The summed E-state index contributed by atoms with van der Waals surface area (Å²) in [6.45, 7) is 3.97. The Morgan fingerprint density at radius 1 is 1.07 bits per heavy atom. The number of piperidine rings is 1. The summed E-state index contributed by atoms with van der Waals surface area (Å²) in [4.78, 5) is 22.1. The Labute approximate surface area is 172 Å². The Morgan fingerprint density at radius 2 is 1.83 bits per heavy atom. The summed E-state index contributed by atoms with van der Waals surface area (Å²) < 4.78 is 13.2. The average Bonchev–Trinajstić information content (AvgIpc) is 3.58. The highest BCUT2D eigenvalue weighted by Gasteiger charge is 2.32. The predicted octanol–water partition coefficient (Wildman–Crippen LogP) is 3.71. The van der Waals surface area contributed by atoms with Crippen molar-refractivity contribution < 1.29 is 9.18 Å². The van der Waals surface area contributed by atoms with Crippen LogP contribution in [0.25, 0.3) is 0 Å². The number of nitrogens with zero attached hydrogens (tertiary/aromatic N) is 3. The molecule has 4 nitrogen and oxygen atoms in total. The quantitative estimate of drug-likeness (QED) is 0.684. The van der Waals surface area contributed by atoms with E-state index >= 15 is 0 Å². The number of hydrogen-bond donors (Lipinski definition) is 0. The maximum atomic E-state index is 13.2. The zero-order chi connectivity index (χ0) is 20.1. The van der Waals surface area contributed by atoms with Gasteiger partial charge in [0, 0.05) is 50.5 Å². The van der Waals surface area contributed by atoms with Crippen LogP contribution in [0.5, 0.6) is 0 Å². The summed E-state index contributed by atoms with van der Waals surface area (Å²) in [5, 5.41) is 0. The summed E-state index contributed by atoms with van der Waals surface area (Å²) in [5.41, 5.74) is 2.03. The number of benzene rings is 1. The zero-order valence-electron chi connectivity index (χ0n) is 17.0. The Bertz CT molecular complexity index is 784. The molecular weight excluding hydrogens is 365 g/mol. The van der Waals surface area contributed by atoms with Gasteiger partial charge in [0.05, 0.1) is 6.42 Å². The summed E-state index contributed by atoms with van der Waals surface area (Å²) in [5.74, 6) is 0.610. The highest BCUT2D eigenvalue weighted by molar-refractivity contribution is 5.79. The van der Waals surface area contributed by atoms with E-state index in [1.54, 1.807) is 12.1 Å². The van der Waals surface area contributed by atoms with Gasteiger partial charge in [-0.3, -0.25) is 9.78 Å². The maximum absolute atomic E-state index is 13.2. The molecule has 1 amide bonds. The van der Waals surface area contributed by atoms with E-state index in [2.05, 4.69) is 20.9 Å². The SMILES string of the molecule is O=C(Cc1ccc(F)cc1)N(CC1CC1)C1CCN(CCc2ccccn2)CC1. The fraction of sp³-hybridized carbons (Fsp3) is 0.500. The lowest BCUT2D eigenvalue weighted by atomic mass is 10.0. The second-order valence-corrected chi connectivity index (χ2v) is 8.44. The molecule has 154 valence electrons. The first-order valence-corrected chi connectivity index (χ1v) is 10.8. The number of likely N-dealkylation sites (tertiary alicyclic amines) is 1. The molecule has 0 N–H and O–H groups in total. The fourth-order valence-corrected chi connectivity index (χ4v) is 4.18. The van der Waals surface area contributed by atoms with E-state index in [0.29, 0.717) is 18.4 Å². The fourth-order valence-electron chi connectivity index (χ4n) is 4.18. The Hall–Kier alpha value is -2.27.